The molecule has 0 aliphatic heterocycles. The highest BCUT2D eigenvalue weighted by Crippen LogP contribution is 2.02. The summed E-state index contributed by atoms with van der Waals surface area (Å²) in [5, 5.41) is 3.47. The van der Waals surface area contributed by atoms with E-state index in [9.17, 15) is 0 Å². The molecule has 0 aliphatic carbocycles. The van der Waals surface area contributed by atoms with Gasteiger partial charge in [0, 0.05) is 16.8 Å². The Labute approximate surface area is 66.5 Å². The van der Waals surface area contributed by atoms with E-state index in [1.165, 1.54) is 0 Å². The molecule has 0 atom stereocenters. The van der Waals surface area contributed by atoms with E-state index in [1.54, 1.807) is 0 Å². The molecule has 2 nitrogen and oxygen atoms in total. The maximum atomic E-state index is 7.35. The van der Waals surface area contributed by atoms with Crippen LogP contribution in [0, 0.1) is 0 Å². The lowest BCUT2D eigenvalue weighted by molar-refractivity contribution is 0.655. The van der Waals surface area contributed by atoms with Gasteiger partial charge in [0.2, 0.25) is 0 Å². The Hall–Kier alpha value is -0.310. The van der Waals surface area contributed by atoms with Gasteiger partial charge in [0.15, 0.2) is 0 Å². The standard InChI is InChI=1S/C5H7BrN2/c1-2-8-4-3-5(6)7-8/h3-4H,2H2,1H3/i1D3,2D2,3D,4D. The Morgan fingerprint density at radius 3 is 3.75 bits per heavy atom. The van der Waals surface area contributed by atoms with E-state index < -0.39 is 19.5 Å². The molecule has 0 saturated carbocycles. The monoisotopic (exact) mass is 181 g/mol. The lowest BCUT2D eigenvalue weighted by Gasteiger charge is -1.88. The zero-order valence-corrected chi connectivity index (χ0v) is 5.36. The van der Waals surface area contributed by atoms with Crippen molar-refractivity contribution in [1.82, 2.24) is 9.78 Å². The third-order valence-corrected chi connectivity index (χ3v) is 0.915. The second-order valence-corrected chi connectivity index (χ2v) is 1.80. The first kappa shape index (κ1) is 1.59. The van der Waals surface area contributed by atoms with Crippen molar-refractivity contribution in [2.45, 2.75) is 13.3 Å². The molecule has 0 saturated heterocycles. The fraction of sp³-hybridized carbons (Fsp3) is 0.400. The van der Waals surface area contributed by atoms with E-state index in [0.717, 1.165) is 0 Å². The van der Waals surface area contributed by atoms with Gasteiger partial charge in [-0.1, -0.05) is 0 Å². The molecular formula is C5H7BrN2. The van der Waals surface area contributed by atoms with E-state index in [4.69, 9.17) is 9.60 Å². The van der Waals surface area contributed by atoms with Crippen LogP contribution in [0.3, 0.4) is 0 Å². The van der Waals surface area contributed by atoms with E-state index in [1.807, 2.05) is 0 Å². The summed E-state index contributed by atoms with van der Waals surface area (Å²) in [5.74, 6) is 0. The van der Waals surface area contributed by atoms with Gasteiger partial charge in [-0.05, 0) is 28.8 Å². The number of hydrogen-bond acceptors (Lipinski definition) is 1. The van der Waals surface area contributed by atoms with Crippen LogP contribution in [-0.4, -0.2) is 9.78 Å². The SMILES string of the molecule is [2H]c1c(Br)nn(C([2H])([2H])C([2H])([2H])[2H])c1[2H]. The summed E-state index contributed by atoms with van der Waals surface area (Å²) in [6, 6.07) is -0.344. The maximum absolute atomic E-state index is 7.35. The van der Waals surface area contributed by atoms with Crippen LogP contribution in [0.15, 0.2) is 16.8 Å². The van der Waals surface area contributed by atoms with Crippen molar-refractivity contribution in [3.63, 3.8) is 0 Å². The quantitative estimate of drug-likeness (QED) is 0.645. The molecule has 8 heavy (non-hydrogen) atoms. The molecule has 0 spiro atoms. The van der Waals surface area contributed by atoms with Crippen LogP contribution in [0.5, 0.6) is 0 Å². The molecule has 1 rings (SSSR count). The first-order valence-electron chi connectivity index (χ1n) is 5.31. The highest BCUT2D eigenvalue weighted by atomic mass is 79.9. The number of aryl methyl sites for hydroxylation is 1. The minimum Gasteiger partial charge on any atom is -0.272 e. The maximum Gasteiger partial charge on any atom is 0.128 e. The molecule has 0 unspecified atom stereocenters. The highest BCUT2D eigenvalue weighted by Gasteiger charge is 1.87. The van der Waals surface area contributed by atoms with Crippen molar-refractivity contribution >= 4 is 15.9 Å². The molecule has 1 aromatic rings. The number of nitrogens with zero attached hydrogens (tertiary/aromatic N) is 2. The number of halogens is 1. The molecule has 0 bridgehead atoms. The second-order valence-electron chi connectivity index (χ2n) is 1.05. The van der Waals surface area contributed by atoms with Crippen LogP contribution < -0.4 is 0 Å². The fourth-order valence-corrected chi connectivity index (χ4v) is 0.537. The molecule has 1 heterocycles. The van der Waals surface area contributed by atoms with Gasteiger partial charge in [-0.25, -0.2) is 0 Å². The van der Waals surface area contributed by atoms with Crippen molar-refractivity contribution in [2.75, 3.05) is 0 Å². The zero-order chi connectivity index (χ0) is 12.0. The summed E-state index contributed by atoms with van der Waals surface area (Å²) < 4.78 is 50.6. The Balaban J connectivity index is 3.34. The summed E-state index contributed by atoms with van der Waals surface area (Å²) in [7, 11) is 0. The Bertz CT molecular complexity index is 381. The van der Waals surface area contributed by atoms with Crippen LogP contribution in [0.1, 0.15) is 16.4 Å². The third-order valence-electron chi connectivity index (χ3n) is 0.559. The minimum absolute atomic E-state index is 0.0550. The molecular weight excluding hydrogens is 168 g/mol. The van der Waals surface area contributed by atoms with Gasteiger partial charge in [-0.3, -0.25) is 4.68 Å². The Morgan fingerprint density at radius 2 is 3.25 bits per heavy atom. The first-order valence-corrected chi connectivity index (χ1v) is 2.60. The lowest BCUT2D eigenvalue weighted by atomic mass is 10.7. The van der Waals surface area contributed by atoms with E-state index in [-0.39, 0.29) is 10.6 Å². The van der Waals surface area contributed by atoms with Gasteiger partial charge in [-0.15, -0.1) is 0 Å². The van der Waals surface area contributed by atoms with E-state index in [2.05, 4.69) is 21.0 Å². The van der Waals surface area contributed by atoms with Crippen molar-refractivity contribution < 1.29 is 9.60 Å². The molecule has 0 aliphatic rings. The Morgan fingerprint density at radius 1 is 2.38 bits per heavy atom. The van der Waals surface area contributed by atoms with Crippen molar-refractivity contribution in [3.05, 3.63) is 16.8 Å². The molecule has 0 aromatic carbocycles. The second kappa shape index (κ2) is 2.31. The molecule has 0 fully saturated rings. The highest BCUT2D eigenvalue weighted by molar-refractivity contribution is 9.10. The largest absolute Gasteiger partial charge is 0.272 e. The average molecular weight is 182 g/mol. The summed E-state index contributed by atoms with van der Waals surface area (Å²) >= 11 is 2.84. The van der Waals surface area contributed by atoms with Gasteiger partial charge in [0.25, 0.3) is 0 Å². The Kier molecular flexibility index (Phi) is 0.460. The van der Waals surface area contributed by atoms with Gasteiger partial charge in [-0.2, -0.15) is 5.10 Å². The van der Waals surface area contributed by atoms with Crippen LogP contribution in [0.2, 0.25) is 0 Å². The summed E-state index contributed by atoms with van der Waals surface area (Å²) in [6.45, 7) is -5.74. The van der Waals surface area contributed by atoms with Gasteiger partial charge >= 0.3 is 0 Å². The first-order chi connectivity index (χ1) is 6.59. The zero-order valence-electron chi connectivity index (χ0n) is 10.8. The minimum atomic E-state index is -2.94. The summed E-state index contributed by atoms with van der Waals surface area (Å²) in [4.78, 5) is 0. The fourth-order valence-electron chi connectivity index (χ4n) is 0.290. The smallest absolute Gasteiger partial charge is 0.128 e. The molecule has 0 radical (unpaired) electrons. The van der Waals surface area contributed by atoms with E-state index >= 15 is 0 Å². The lowest BCUT2D eigenvalue weighted by Crippen LogP contribution is -1.92. The molecule has 44 valence electrons. The van der Waals surface area contributed by atoms with Crippen molar-refractivity contribution in [1.29, 1.82) is 0 Å². The van der Waals surface area contributed by atoms with E-state index in [0.29, 0.717) is 4.68 Å². The van der Waals surface area contributed by atoms with Crippen molar-refractivity contribution in [2.24, 2.45) is 0 Å². The predicted octanol–water partition coefficient (Wildman–Crippen LogP) is 1.67. The van der Waals surface area contributed by atoms with Crippen LogP contribution in [0.25, 0.3) is 0 Å². The third kappa shape index (κ3) is 1.10. The predicted molar refractivity (Wildman–Crippen MR) is 35.6 cm³/mol. The summed E-state index contributed by atoms with van der Waals surface area (Å²) in [6.07, 6.45) is -0.581. The summed E-state index contributed by atoms with van der Waals surface area (Å²) in [5.41, 5.74) is 0. The molecule has 1 aromatic heterocycles. The topological polar surface area (TPSA) is 17.8 Å². The van der Waals surface area contributed by atoms with Gasteiger partial charge in [0.1, 0.15) is 4.60 Å². The van der Waals surface area contributed by atoms with Crippen LogP contribution >= 0.6 is 15.9 Å². The van der Waals surface area contributed by atoms with Crippen LogP contribution in [0.4, 0.5) is 0 Å². The molecule has 0 N–H and O–H groups in total. The number of rotatable bonds is 1. The number of aromatic nitrogens is 2. The normalized spacial score (nSPS) is 25.9. The van der Waals surface area contributed by atoms with Gasteiger partial charge < -0.3 is 0 Å². The van der Waals surface area contributed by atoms with Crippen molar-refractivity contribution in [3.8, 4) is 0 Å². The van der Waals surface area contributed by atoms with Gasteiger partial charge in [0.05, 0.1) is 5.48 Å². The molecule has 0 amide bonds. The number of hydrogen-bond donors (Lipinski definition) is 0. The van der Waals surface area contributed by atoms with Crippen LogP contribution in [-0.2, 0) is 6.50 Å². The molecule has 3 heteroatoms. The average Bonchev–Trinajstić information content (AvgIpc) is 2.31.